The van der Waals surface area contributed by atoms with Crippen molar-refractivity contribution >= 4 is 39.1 Å². The smallest absolute Gasteiger partial charge is 0.249 e. The van der Waals surface area contributed by atoms with Gasteiger partial charge in [0.15, 0.2) is 5.82 Å². The standard InChI is InChI=1S/C16H11BrN6/c17-12-5-3-6-13(8-12)20-16-22-15(10-19-23-16)21-14-7-2-1-4-11(14)9-18/h1-8,10H,(H2,20,21,22,23). The lowest BCUT2D eigenvalue weighted by molar-refractivity contribution is 0.982. The monoisotopic (exact) mass is 366 g/mol. The SMILES string of the molecule is N#Cc1ccccc1Nc1cnnc(Nc2cccc(Br)c2)n1. The summed E-state index contributed by atoms with van der Waals surface area (Å²) >= 11 is 3.41. The molecule has 0 aliphatic carbocycles. The summed E-state index contributed by atoms with van der Waals surface area (Å²) in [7, 11) is 0. The number of nitrogens with zero attached hydrogens (tertiary/aromatic N) is 4. The van der Waals surface area contributed by atoms with Crippen LogP contribution in [0, 0.1) is 11.3 Å². The second kappa shape index (κ2) is 6.85. The second-order valence-corrected chi connectivity index (χ2v) is 5.50. The Hall–Kier alpha value is -2.98. The van der Waals surface area contributed by atoms with E-state index in [1.807, 2.05) is 42.5 Å². The minimum atomic E-state index is 0.363. The van der Waals surface area contributed by atoms with Crippen LogP contribution in [0.25, 0.3) is 0 Å². The zero-order valence-electron chi connectivity index (χ0n) is 11.9. The van der Waals surface area contributed by atoms with Crippen LogP contribution in [0.5, 0.6) is 0 Å². The van der Waals surface area contributed by atoms with Gasteiger partial charge >= 0.3 is 0 Å². The third kappa shape index (κ3) is 3.81. The third-order valence-corrected chi connectivity index (χ3v) is 3.44. The lowest BCUT2D eigenvalue weighted by Gasteiger charge is -2.08. The van der Waals surface area contributed by atoms with E-state index in [2.05, 4.69) is 47.8 Å². The number of hydrogen-bond donors (Lipinski definition) is 2. The van der Waals surface area contributed by atoms with Gasteiger partial charge in [-0.15, -0.1) is 5.10 Å². The molecule has 6 nitrogen and oxygen atoms in total. The van der Waals surface area contributed by atoms with Gasteiger partial charge in [-0.05, 0) is 30.3 Å². The fraction of sp³-hybridized carbons (Fsp3) is 0. The predicted molar refractivity (Wildman–Crippen MR) is 91.7 cm³/mol. The topological polar surface area (TPSA) is 86.5 Å². The summed E-state index contributed by atoms with van der Waals surface area (Å²) in [5, 5.41) is 23.2. The predicted octanol–water partition coefficient (Wildman–Crippen LogP) is 3.99. The lowest BCUT2D eigenvalue weighted by atomic mass is 10.2. The fourth-order valence-electron chi connectivity index (χ4n) is 1.94. The van der Waals surface area contributed by atoms with Crippen LogP contribution in [0.4, 0.5) is 23.1 Å². The van der Waals surface area contributed by atoms with Crippen LogP contribution in [0.3, 0.4) is 0 Å². The molecule has 0 bridgehead atoms. The van der Waals surface area contributed by atoms with Crippen LogP contribution in [0.2, 0.25) is 0 Å². The first-order valence-electron chi connectivity index (χ1n) is 6.73. The molecule has 0 unspecified atom stereocenters. The number of anilines is 4. The largest absolute Gasteiger partial charge is 0.338 e. The minimum Gasteiger partial charge on any atom is -0.338 e. The summed E-state index contributed by atoms with van der Waals surface area (Å²) in [6.45, 7) is 0. The average molecular weight is 367 g/mol. The van der Waals surface area contributed by atoms with E-state index in [0.29, 0.717) is 23.0 Å². The maximum absolute atomic E-state index is 9.12. The van der Waals surface area contributed by atoms with Crippen molar-refractivity contribution < 1.29 is 0 Å². The van der Waals surface area contributed by atoms with Gasteiger partial charge in [-0.1, -0.05) is 34.1 Å². The first-order valence-corrected chi connectivity index (χ1v) is 7.52. The quantitative estimate of drug-likeness (QED) is 0.725. The van der Waals surface area contributed by atoms with Crippen LogP contribution < -0.4 is 10.6 Å². The Morgan fingerprint density at radius 2 is 1.91 bits per heavy atom. The van der Waals surface area contributed by atoms with Crippen molar-refractivity contribution in [3.8, 4) is 6.07 Å². The number of aromatic nitrogens is 3. The Morgan fingerprint density at radius 3 is 2.74 bits per heavy atom. The molecule has 7 heteroatoms. The zero-order chi connectivity index (χ0) is 16.1. The van der Waals surface area contributed by atoms with Crippen LogP contribution in [0.15, 0.2) is 59.2 Å². The number of hydrogen-bond acceptors (Lipinski definition) is 6. The minimum absolute atomic E-state index is 0.363. The molecule has 112 valence electrons. The molecule has 0 saturated carbocycles. The summed E-state index contributed by atoms with van der Waals surface area (Å²) in [5.74, 6) is 0.864. The molecule has 1 aromatic heterocycles. The van der Waals surface area contributed by atoms with E-state index in [1.165, 1.54) is 6.20 Å². The molecule has 0 fully saturated rings. The van der Waals surface area contributed by atoms with E-state index in [-0.39, 0.29) is 0 Å². The summed E-state index contributed by atoms with van der Waals surface area (Å²) in [6.07, 6.45) is 1.50. The molecule has 0 radical (unpaired) electrons. The Kier molecular flexibility index (Phi) is 4.45. The highest BCUT2D eigenvalue weighted by Gasteiger charge is 2.05. The highest BCUT2D eigenvalue weighted by Crippen LogP contribution is 2.21. The molecule has 3 aromatic rings. The van der Waals surface area contributed by atoms with Gasteiger partial charge in [0.1, 0.15) is 6.07 Å². The van der Waals surface area contributed by atoms with E-state index < -0.39 is 0 Å². The molecule has 0 aliphatic rings. The molecular weight excluding hydrogens is 356 g/mol. The summed E-state index contributed by atoms with van der Waals surface area (Å²) in [6, 6.07) is 17.0. The molecule has 3 rings (SSSR count). The maximum Gasteiger partial charge on any atom is 0.249 e. The Bertz CT molecular complexity index is 874. The molecule has 2 aromatic carbocycles. The van der Waals surface area contributed by atoms with Gasteiger partial charge in [0.2, 0.25) is 5.95 Å². The lowest BCUT2D eigenvalue weighted by Crippen LogP contribution is -2.03. The normalized spacial score (nSPS) is 9.91. The number of nitriles is 1. The van der Waals surface area contributed by atoms with Crippen molar-refractivity contribution in [3.63, 3.8) is 0 Å². The van der Waals surface area contributed by atoms with Crippen molar-refractivity contribution in [2.75, 3.05) is 10.6 Å². The van der Waals surface area contributed by atoms with Crippen molar-refractivity contribution in [2.45, 2.75) is 0 Å². The molecule has 1 heterocycles. The second-order valence-electron chi connectivity index (χ2n) is 4.58. The van der Waals surface area contributed by atoms with Crippen LogP contribution in [0.1, 0.15) is 5.56 Å². The van der Waals surface area contributed by atoms with Gasteiger partial charge in [0.05, 0.1) is 17.4 Å². The van der Waals surface area contributed by atoms with E-state index in [9.17, 15) is 0 Å². The van der Waals surface area contributed by atoms with E-state index in [1.54, 1.807) is 6.07 Å². The van der Waals surface area contributed by atoms with Crippen molar-refractivity contribution in [3.05, 3.63) is 64.8 Å². The van der Waals surface area contributed by atoms with Crippen LogP contribution >= 0.6 is 15.9 Å². The number of halogens is 1. The first-order chi connectivity index (χ1) is 11.2. The van der Waals surface area contributed by atoms with Crippen molar-refractivity contribution in [2.24, 2.45) is 0 Å². The molecular formula is C16H11BrN6. The van der Waals surface area contributed by atoms with E-state index in [0.717, 1.165) is 10.2 Å². The van der Waals surface area contributed by atoms with Gasteiger partial charge in [0, 0.05) is 10.2 Å². The third-order valence-electron chi connectivity index (χ3n) is 2.95. The van der Waals surface area contributed by atoms with Crippen molar-refractivity contribution in [1.82, 2.24) is 15.2 Å². The number of nitrogens with one attached hydrogen (secondary N) is 2. The number of para-hydroxylation sites is 1. The number of benzene rings is 2. The Balaban J connectivity index is 1.81. The maximum atomic E-state index is 9.12. The molecule has 0 spiro atoms. The highest BCUT2D eigenvalue weighted by atomic mass is 79.9. The molecule has 0 saturated heterocycles. The fourth-order valence-corrected chi connectivity index (χ4v) is 2.34. The Morgan fingerprint density at radius 1 is 1.04 bits per heavy atom. The molecule has 0 atom stereocenters. The van der Waals surface area contributed by atoms with Gasteiger partial charge in [-0.3, -0.25) is 0 Å². The zero-order valence-corrected chi connectivity index (χ0v) is 13.4. The van der Waals surface area contributed by atoms with Crippen LogP contribution in [-0.2, 0) is 0 Å². The van der Waals surface area contributed by atoms with Gasteiger partial charge < -0.3 is 10.6 Å². The van der Waals surface area contributed by atoms with Crippen molar-refractivity contribution in [1.29, 1.82) is 5.26 Å². The van der Waals surface area contributed by atoms with Gasteiger partial charge in [0.25, 0.3) is 0 Å². The molecule has 2 N–H and O–H groups in total. The van der Waals surface area contributed by atoms with Gasteiger partial charge in [-0.25, -0.2) is 0 Å². The number of rotatable bonds is 4. The molecule has 0 aliphatic heterocycles. The van der Waals surface area contributed by atoms with Gasteiger partial charge in [-0.2, -0.15) is 15.3 Å². The molecule has 0 amide bonds. The first kappa shape index (κ1) is 14.9. The Labute approximate surface area is 141 Å². The summed E-state index contributed by atoms with van der Waals surface area (Å²) < 4.78 is 0.952. The average Bonchev–Trinajstić information content (AvgIpc) is 2.56. The van der Waals surface area contributed by atoms with Crippen LogP contribution in [-0.4, -0.2) is 15.2 Å². The highest BCUT2D eigenvalue weighted by molar-refractivity contribution is 9.10. The summed E-state index contributed by atoms with van der Waals surface area (Å²) in [5.41, 5.74) is 2.05. The van der Waals surface area contributed by atoms with E-state index >= 15 is 0 Å². The molecule has 23 heavy (non-hydrogen) atoms. The van der Waals surface area contributed by atoms with E-state index in [4.69, 9.17) is 5.26 Å². The summed E-state index contributed by atoms with van der Waals surface area (Å²) in [4.78, 5) is 4.35.